The second-order valence-electron chi connectivity index (χ2n) is 5.72. The normalized spacial score (nSPS) is 12.4. The molecule has 0 heterocycles. The maximum absolute atomic E-state index is 11.8. The first-order chi connectivity index (χ1) is 9.67. The van der Waals surface area contributed by atoms with E-state index in [2.05, 4.69) is 41.2 Å². The fourth-order valence-corrected chi connectivity index (χ4v) is 1.78. The first-order valence-electron chi connectivity index (χ1n) is 6.76. The van der Waals surface area contributed by atoms with Gasteiger partial charge in [0.2, 0.25) is 17.7 Å². The molecule has 3 amide bonds. The van der Waals surface area contributed by atoms with Crippen LogP contribution >= 0.6 is 25.3 Å². The monoisotopic (exact) mass is 335 g/mol. The predicted octanol–water partition coefficient (Wildman–Crippen LogP) is 0.142. The fraction of sp³-hybridized carbons (Fsp3) is 0.769. The van der Waals surface area contributed by atoms with Crippen molar-refractivity contribution in [2.75, 3.05) is 18.1 Å². The third kappa shape index (κ3) is 11.4. The number of nitrogens with one attached hydrogen (secondary N) is 3. The summed E-state index contributed by atoms with van der Waals surface area (Å²) in [5, 5.41) is 8.23. The lowest BCUT2D eigenvalue weighted by atomic mass is 10.1. The highest BCUT2D eigenvalue weighted by Gasteiger charge is 2.17. The molecule has 0 aromatic heterocycles. The zero-order valence-corrected chi connectivity index (χ0v) is 14.5. The van der Waals surface area contributed by atoms with Crippen molar-refractivity contribution >= 4 is 43.0 Å². The van der Waals surface area contributed by atoms with Crippen LogP contribution in [0, 0.1) is 0 Å². The van der Waals surface area contributed by atoms with E-state index >= 15 is 0 Å². The zero-order valence-electron chi connectivity index (χ0n) is 12.7. The van der Waals surface area contributed by atoms with Gasteiger partial charge in [-0.2, -0.15) is 25.3 Å². The minimum atomic E-state index is -0.306. The van der Waals surface area contributed by atoms with E-state index in [9.17, 15) is 14.4 Å². The molecule has 8 heteroatoms. The molecule has 0 aliphatic carbocycles. The van der Waals surface area contributed by atoms with Crippen molar-refractivity contribution in [3.05, 3.63) is 0 Å². The van der Waals surface area contributed by atoms with Crippen molar-refractivity contribution in [1.82, 2.24) is 16.0 Å². The Morgan fingerprint density at radius 3 is 2.05 bits per heavy atom. The Bertz CT molecular complexity index is 370. The highest BCUT2D eigenvalue weighted by molar-refractivity contribution is 7.81. The summed E-state index contributed by atoms with van der Waals surface area (Å²) in [6.07, 6.45) is 0.708. The summed E-state index contributed by atoms with van der Waals surface area (Å²) in [6, 6.07) is -0.306. The van der Waals surface area contributed by atoms with Crippen LogP contribution in [0.2, 0.25) is 0 Å². The molecular weight excluding hydrogens is 310 g/mol. The average Bonchev–Trinajstić information content (AvgIpc) is 2.39. The average molecular weight is 335 g/mol. The van der Waals surface area contributed by atoms with E-state index < -0.39 is 0 Å². The maximum atomic E-state index is 11.8. The van der Waals surface area contributed by atoms with Gasteiger partial charge in [0.1, 0.15) is 0 Å². The first-order valence-corrected chi connectivity index (χ1v) is 8.03. The molecule has 1 unspecified atom stereocenters. The van der Waals surface area contributed by atoms with E-state index in [1.54, 1.807) is 0 Å². The molecule has 0 saturated carbocycles. The summed E-state index contributed by atoms with van der Waals surface area (Å²) >= 11 is 7.75. The van der Waals surface area contributed by atoms with Gasteiger partial charge in [0, 0.05) is 24.5 Å². The molecule has 3 N–H and O–H groups in total. The number of rotatable bonds is 8. The van der Waals surface area contributed by atoms with Gasteiger partial charge >= 0.3 is 0 Å². The van der Waals surface area contributed by atoms with Gasteiger partial charge in [-0.05, 0) is 27.2 Å². The van der Waals surface area contributed by atoms with Crippen LogP contribution in [-0.2, 0) is 14.4 Å². The molecule has 1 atom stereocenters. The quantitative estimate of drug-likeness (QED) is 0.409. The Balaban J connectivity index is 4.35. The van der Waals surface area contributed by atoms with E-state index in [0.717, 1.165) is 0 Å². The van der Waals surface area contributed by atoms with E-state index in [1.165, 1.54) is 0 Å². The van der Waals surface area contributed by atoms with Gasteiger partial charge in [-0.15, -0.1) is 0 Å². The van der Waals surface area contributed by atoms with Crippen molar-refractivity contribution < 1.29 is 14.4 Å². The van der Waals surface area contributed by atoms with Crippen LogP contribution in [-0.4, -0.2) is 47.4 Å². The minimum Gasteiger partial charge on any atom is -0.353 e. The van der Waals surface area contributed by atoms with Gasteiger partial charge in [0.15, 0.2) is 0 Å². The molecule has 0 aliphatic rings. The number of hydrogen-bond acceptors (Lipinski definition) is 5. The number of hydrogen-bond donors (Lipinski definition) is 5. The zero-order chi connectivity index (χ0) is 16.5. The molecule has 0 spiro atoms. The van der Waals surface area contributed by atoms with Crippen LogP contribution in [0.4, 0.5) is 0 Å². The van der Waals surface area contributed by atoms with E-state index in [1.807, 2.05) is 20.8 Å². The highest BCUT2D eigenvalue weighted by atomic mass is 32.1. The van der Waals surface area contributed by atoms with Gasteiger partial charge in [-0.1, -0.05) is 0 Å². The SMILES string of the molecule is CC(C)(C)NC(=O)CCC(CNC(=O)CS)NC(=O)CS. The highest BCUT2D eigenvalue weighted by Crippen LogP contribution is 2.03. The molecule has 21 heavy (non-hydrogen) atoms. The molecule has 0 bridgehead atoms. The Labute approximate surface area is 137 Å². The van der Waals surface area contributed by atoms with Crippen LogP contribution < -0.4 is 16.0 Å². The lowest BCUT2D eigenvalue weighted by molar-refractivity contribution is -0.123. The van der Waals surface area contributed by atoms with Crippen molar-refractivity contribution in [3.8, 4) is 0 Å². The second-order valence-corrected chi connectivity index (χ2v) is 6.35. The molecule has 0 saturated heterocycles. The Kier molecular flexibility index (Phi) is 9.52. The number of thiol groups is 2. The molecule has 0 aliphatic heterocycles. The van der Waals surface area contributed by atoms with E-state index in [0.29, 0.717) is 6.42 Å². The molecule has 6 nitrogen and oxygen atoms in total. The summed E-state index contributed by atoms with van der Waals surface area (Å²) in [5.74, 6) is -0.404. The Morgan fingerprint density at radius 2 is 1.57 bits per heavy atom. The minimum absolute atomic E-state index is 0.0607. The summed E-state index contributed by atoms with van der Waals surface area (Å²) in [5.41, 5.74) is -0.291. The number of carbonyl (C=O) groups is 3. The van der Waals surface area contributed by atoms with Crippen LogP contribution in [0.25, 0.3) is 0 Å². The largest absolute Gasteiger partial charge is 0.353 e. The topological polar surface area (TPSA) is 87.3 Å². The van der Waals surface area contributed by atoms with Gasteiger partial charge in [0.25, 0.3) is 0 Å². The van der Waals surface area contributed by atoms with Gasteiger partial charge in [-0.3, -0.25) is 14.4 Å². The third-order valence-corrected chi connectivity index (χ3v) is 3.01. The summed E-state index contributed by atoms with van der Waals surface area (Å²) in [6.45, 7) is 5.97. The molecule has 0 aromatic carbocycles. The smallest absolute Gasteiger partial charge is 0.230 e. The maximum Gasteiger partial charge on any atom is 0.230 e. The van der Waals surface area contributed by atoms with Crippen LogP contribution in [0.15, 0.2) is 0 Å². The number of carbonyl (C=O) groups excluding carboxylic acids is 3. The molecule has 0 rings (SSSR count). The molecule has 0 radical (unpaired) electrons. The molecular formula is C13H25N3O3S2. The van der Waals surface area contributed by atoms with Crippen LogP contribution in [0.1, 0.15) is 33.6 Å². The molecule has 0 aromatic rings. The van der Waals surface area contributed by atoms with Crippen molar-refractivity contribution in [2.24, 2.45) is 0 Å². The summed E-state index contributed by atoms with van der Waals surface area (Å²) < 4.78 is 0. The third-order valence-electron chi connectivity index (χ3n) is 2.43. The van der Waals surface area contributed by atoms with Gasteiger partial charge < -0.3 is 16.0 Å². The first kappa shape index (κ1) is 20.1. The second kappa shape index (κ2) is 9.94. The fourth-order valence-electron chi connectivity index (χ4n) is 1.58. The Hall–Kier alpha value is -0.890. The van der Waals surface area contributed by atoms with Gasteiger partial charge in [0.05, 0.1) is 11.5 Å². The van der Waals surface area contributed by atoms with Crippen LogP contribution in [0.3, 0.4) is 0 Å². The lowest BCUT2D eigenvalue weighted by Crippen LogP contribution is -2.46. The lowest BCUT2D eigenvalue weighted by Gasteiger charge is -2.22. The van der Waals surface area contributed by atoms with Crippen molar-refractivity contribution in [1.29, 1.82) is 0 Å². The van der Waals surface area contributed by atoms with Crippen molar-refractivity contribution in [3.63, 3.8) is 0 Å². The van der Waals surface area contributed by atoms with E-state index in [4.69, 9.17) is 0 Å². The van der Waals surface area contributed by atoms with Crippen molar-refractivity contribution in [2.45, 2.75) is 45.2 Å². The van der Waals surface area contributed by atoms with E-state index in [-0.39, 0.29) is 53.8 Å². The Morgan fingerprint density at radius 1 is 1.00 bits per heavy atom. The molecule has 0 fully saturated rings. The van der Waals surface area contributed by atoms with Gasteiger partial charge in [-0.25, -0.2) is 0 Å². The molecule has 122 valence electrons. The van der Waals surface area contributed by atoms with Crippen LogP contribution in [0.5, 0.6) is 0 Å². The summed E-state index contributed by atoms with van der Waals surface area (Å²) in [4.78, 5) is 34.4. The predicted molar refractivity (Wildman–Crippen MR) is 89.8 cm³/mol. The standard InChI is InChI=1S/C13H25N3O3S2/c1-13(2,3)16-10(17)5-4-9(15-12(19)8-21)6-14-11(18)7-20/h9,20-21H,4-8H2,1-3H3,(H,14,18)(H,15,19)(H,16,17). The summed E-state index contributed by atoms with van der Waals surface area (Å²) in [7, 11) is 0. The number of amides is 3.